The average Bonchev–Trinajstić information content (AvgIpc) is 3.67. The fraction of sp³-hybridized carbons (Fsp3) is 0. The molecule has 0 amide bonds. The lowest BCUT2D eigenvalue weighted by Gasteiger charge is -2.16. The number of fused-ring (bicyclic) bond motifs is 6. The van der Waals surface area contributed by atoms with Crippen molar-refractivity contribution in [2.45, 2.75) is 0 Å². The maximum atomic E-state index is 10.1. The Morgan fingerprint density at radius 3 is 1.35 bits per heavy atom. The largest absolute Gasteiger partial charge is 0.319 e. The quantitative estimate of drug-likeness (QED) is 0.183. The highest BCUT2D eigenvalue weighted by Crippen LogP contribution is 2.42. The van der Waals surface area contributed by atoms with Crippen LogP contribution in [-0.4, -0.2) is 9.13 Å². The second-order valence-corrected chi connectivity index (χ2v) is 11.9. The van der Waals surface area contributed by atoms with E-state index < -0.39 is 0 Å². The second-order valence-electron chi connectivity index (χ2n) is 11.9. The number of rotatable bonds is 4. The van der Waals surface area contributed by atoms with E-state index in [1.807, 2.05) is 36.4 Å². The molecule has 0 aliphatic rings. The van der Waals surface area contributed by atoms with Gasteiger partial charge >= 0.3 is 0 Å². The van der Waals surface area contributed by atoms with Crippen molar-refractivity contribution in [3.63, 3.8) is 0 Å². The molecule has 2 aromatic heterocycles. The Kier molecular flexibility index (Phi) is 6.22. The summed E-state index contributed by atoms with van der Waals surface area (Å²) in [6.07, 6.45) is 0. The molecule has 0 radical (unpaired) electrons. The lowest BCUT2D eigenvalue weighted by molar-refractivity contribution is 1.18. The molecule has 0 saturated heterocycles. The third-order valence-corrected chi connectivity index (χ3v) is 9.38. The topological polar surface area (TPSA) is 38.0 Å². The van der Waals surface area contributed by atoms with Crippen LogP contribution in [0.2, 0.25) is 0 Å². The molecule has 9 rings (SSSR count). The first-order valence-corrected chi connectivity index (χ1v) is 15.9. The Labute approximate surface area is 277 Å². The van der Waals surface area contributed by atoms with Gasteiger partial charge in [0.2, 0.25) is 5.69 Å². The van der Waals surface area contributed by atoms with E-state index in [0.29, 0.717) is 16.9 Å². The van der Waals surface area contributed by atoms with Gasteiger partial charge in [0.05, 0.1) is 51.6 Å². The van der Waals surface area contributed by atoms with E-state index in [1.54, 1.807) is 0 Å². The molecule has 0 saturated carbocycles. The summed E-state index contributed by atoms with van der Waals surface area (Å²) in [6, 6.07) is 56.5. The van der Waals surface area contributed by atoms with Crippen molar-refractivity contribution in [3.8, 4) is 39.7 Å². The molecule has 0 bridgehead atoms. The predicted octanol–water partition coefficient (Wildman–Crippen LogP) is 11.6. The van der Waals surface area contributed by atoms with Crippen LogP contribution in [-0.2, 0) is 0 Å². The SMILES string of the molecule is [C-]#[N+]c1c(-c2ccc(-c3ccccc3-n3c4ccccc4c4ccccc43)cc2)cc(C#N)cc1-n1c2ccccc2c2ccccc21. The normalized spacial score (nSPS) is 11.3. The maximum Gasteiger partial charge on any atom is 0.218 e. The van der Waals surface area contributed by atoms with E-state index in [1.165, 1.54) is 10.8 Å². The van der Waals surface area contributed by atoms with Gasteiger partial charge in [-0.25, -0.2) is 4.85 Å². The molecule has 7 aromatic carbocycles. The minimum Gasteiger partial charge on any atom is -0.319 e. The summed E-state index contributed by atoms with van der Waals surface area (Å²) in [5.41, 5.74) is 11.0. The van der Waals surface area contributed by atoms with Gasteiger partial charge in [-0.1, -0.05) is 115 Å². The van der Waals surface area contributed by atoms with Crippen LogP contribution in [0.1, 0.15) is 5.56 Å². The number of aromatic nitrogens is 2. The molecular formula is C44H26N4. The van der Waals surface area contributed by atoms with Crippen LogP contribution in [0.5, 0.6) is 0 Å². The van der Waals surface area contributed by atoms with Crippen LogP contribution in [0.3, 0.4) is 0 Å². The Bertz CT molecular complexity index is 2690. The van der Waals surface area contributed by atoms with Crippen molar-refractivity contribution < 1.29 is 0 Å². The fourth-order valence-corrected chi connectivity index (χ4v) is 7.30. The molecule has 4 heteroatoms. The van der Waals surface area contributed by atoms with E-state index in [9.17, 15) is 5.26 Å². The first-order chi connectivity index (χ1) is 23.7. The van der Waals surface area contributed by atoms with Crippen LogP contribution in [0, 0.1) is 17.9 Å². The van der Waals surface area contributed by atoms with Gasteiger partial charge in [0, 0.05) is 27.1 Å². The molecule has 0 aliphatic carbocycles. The third kappa shape index (κ3) is 4.07. The molecule has 9 aromatic rings. The van der Waals surface area contributed by atoms with Gasteiger partial charge in [-0.3, -0.25) is 0 Å². The van der Waals surface area contributed by atoms with Crippen molar-refractivity contribution in [2.75, 3.05) is 0 Å². The Morgan fingerprint density at radius 1 is 0.458 bits per heavy atom. The number of para-hydroxylation sites is 5. The van der Waals surface area contributed by atoms with Gasteiger partial charge in [0.25, 0.3) is 0 Å². The zero-order chi connectivity index (χ0) is 32.2. The number of nitrogens with zero attached hydrogens (tertiary/aromatic N) is 4. The van der Waals surface area contributed by atoms with Crippen molar-refractivity contribution in [1.82, 2.24) is 9.13 Å². The molecule has 0 unspecified atom stereocenters. The van der Waals surface area contributed by atoms with Gasteiger partial charge in [-0.2, -0.15) is 5.26 Å². The van der Waals surface area contributed by atoms with E-state index in [0.717, 1.165) is 60.8 Å². The van der Waals surface area contributed by atoms with E-state index in [2.05, 4.69) is 141 Å². The van der Waals surface area contributed by atoms with Crippen molar-refractivity contribution in [1.29, 1.82) is 5.26 Å². The van der Waals surface area contributed by atoms with Crippen molar-refractivity contribution >= 4 is 49.3 Å². The Morgan fingerprint density at radius 2 is 0.875 bits per heavy atom. The Balaban J connectivity index is 1.21. The molecule has 222 valence electrons. The van der Waals surface area contributed by atoms with Crippen LogP contribution < -0.4 is 0 Å². The molecule has 4 nitrogen and oxygen atoms in total. The standard InChI is InChI=1S/C44H26N4/c1-46-44-37(26-29(28-45)27-43(44)48-41-20-10-5-15-35(41)36-16-6-11-21-42(36)48)31-24-22-30(23-25-31)32-12-2-7-17-38(32)47-39-18-8-3-13-33(39)34-14-4-9-19-40(34)47/h2-27H. The Hall–Kier alpha value is -6.88. The molecule has 48 heavy (non-hydrogen) atoms. The first kappa shape index (κ1) is 27.4. The summed E-state index contributed by atoms with van der Waals surface area (Å²) in [5, 5.41) is 14.8. The molecule has 0 fully saturated rings. The molecular weight excluding hydrogens is 585 g/mol. The molecule has 0 N–H and O–H groups in total. The average molecular weight is 611 g/mol. The highest BCUT2D eigenvalue weighted by Gasteiger charge is 2.20. The van der Waals surface area contributed by atoms with Crippen LogP contribution in [0.15, 0.2) is 158 Å². The zero-order valence-corrected chi connectivity index (χ0v) is 25.8. The summed E-state index contributed by atoms with van der Waals surface area (Å²) in [6.45, 7) is 8.36. The molecule has 2 heterocycles. The van der Waals surface area contributed by atoms with E-state index in [4.69, 9.17) is 6.57 Å². The van der Waals surface area contributed by atoms with Crippen molar-refractivity contribution in [2.24, 2.45) is 0 Å². The molecule has 0 atom stereocenters. The number of hydrogen-bond acceptors (Lipinski definition) is 1. The van der Waals surface area contributed by atoms with Gasteiger partial charge in [0.1, 0.15) is 0 Å². The summed E-state index contributed by atoms with van der Waals surface area (Å²) >= 11 is 0. The highest BCUT2D eigenvalue weighted by molar-refractivity contribution is 6.11. The van der Waals surface area contributed by atoms with E-state index in [-0.39, 0.29) is 0 Å². The van der Waals surface area contributed by atoms with Crippen molar-refractivity contribution in [3.05, 3.63) is 175 Å². The highest BCUT2D eigenvalue weighted by atomic mass is 15.0. The van der Waals surface area contributed by atoms with Crippen LogP contribution >= 0.6 is 0 Å². The third-order valence-electron chi connectivity index (χ3n) is 9.38. The fourth-order valence-electron chi connectivity index (χ4n) is 7.30. The number of hydrogen-bond donors (Lipinski definition) is 0. The van der Waals surface area contributed by atoms with Gasteiger partial charge in [-0.05, 0) is 59.2 Å². The first-order valence-electron chi connectivity index (χ1n) is 15.9. The summed E-state index contributed by atoms with van der Waals surface area (Å²) in [4.78, 5) is 4.09. The number of benzene rings is 7. The minimum atomic E-state index is 0.509. The second kappa shape index (κ2) is 10.9. The van der Waals surface area contributed by atoms with Crippen LogP contribution in [0.25, 0.3) is 82.1 Å². The predicted molar refractivity (Wildman–Crippen MR) is 197 cm³/mol. The maximum absolute atomic E-state index is 10.1. The van der Waals surface area contributed by atoms with Crippen LogP contribution in [0.4, 0.5) is 5.69 Å². The van der Waals surface area contributed by atoms with Gasteiger partial charge in [-0.15, -0.1) is 0 Å². The smallest absolute Gasteiger partial charge is 0.218 e. The number of nitriles is 1. The summed E-state index contributed by atoms with van der Waals surface area (Å²) in [7, 11) is 0. The summed E-state index contributed by atoms with van der Waals surface area (Å²) < 4.78 is 4.47. The van der Waals surface area contributed by atoms with Gasteiger partial charge < -0.3 is 9.13 Å². The minimum absolute atomic E-state index is 0.509. The zero-order valence-electron chi connectivity index (χ0n) is 25.8. The van der Waals surface area contributed by atoms with Gasteiger partial charge in [0.15, 0.2) is 0 Å². The molecule has 0 aliphatic heterocycles. The molecule has 0 spiro atoms. The lowest BCUT2D eigenvalue weighted by Crippen LogP contribution is -1.98. The lowest BCUT2D eigenvalue weighted by atomic mass is 9.96. The van der Waals surface area contributed by atoms with E-state index >= 15 is 0 Å². The summed E-state index contributed by atoms with van der Waals surface area (Å²) in [5.74, 6) is 0. The monoisotopic (exact) mass is 610 g/mol.